The highest BCUT2D eigenvalue weighted by Crippen LogP contribution is 2.39. The fourth-order valence-electron chi connectivity index (χ4n) is 0.853. The van der Waals surface area contributed by atoms with E-state index < -0.39 is 11.0 Å². The van der Waals surface area contributed by atoms with Gasteiger partial charge in [0.05, 0.1) is 0 Å². The Morgan fingerprint density at radius 3 is 2.38 bits per heavy atom. The van der Waals surface area contributed by atoms with Gasteiger partial charge in [0, 0.05) is 5.02 Å². The van der Waals surface area contributed by atoms with Crippen LogP contribution >= 0.6 is 27.5 Å². The molecule has 0 saturated carbocycles. The Labute approximate surface area is 86.8 Å². The van der Waals surface area contributed by atoms with E-state index in [1.165, 1.54) is 24.3 Å². The molecule has 0 spiro atoms. The largest absolute Gasteiger partial charge is 0.405 e. The van der Waals surface area contributed by atoms with Crippen LogP contribution in [0.15, 0.2) is 24.3 Å². The Morgan fingerprint density at radius 2 is 1.92 bits per heavy atom. The van der Waals surface area contributed by atoms with Crippen molar-refractivity contribution >= 4 is 27.5 Å². The van der Waals surface area contributed by atoms with E-state index in [1.54, 1.807) is 0 Å². The zero-order valence-electron chi connectivity index (χ0n) is 6.28. The number of hydrogen-bond acceptors (Lipinski definition) is 0. The molecule has 0 fully saturated rings. The van der Waals surface area contributed by atoms with Gasteiger partial charge in [-0.2, -0.15) is 13.2 Å². The van der Waals surface area contributed by atoms with Gasteiger partial charge in [0.15, 0.2) is 0 Å². The predicted molar refractivity (Wildman–Crippen MR) is 49.2 cm³/mol. The first-order valence-electron chi connectivity index (χ1n) is 3.37. The standard InChI is InChI=1S/C8H5BrClF3/c9-7(8(11,12)13)5-2-1-3-6(10)4-5/h1-4,7H. The molecular formula is C8H5BrClF3. The lowest BCUT2D eigenvalue weighted by Crippen LogP contribution is -2.14. The molecule has 0 aliphatic heterocycles. The summed E-state index contributed by atoms with van der Waals surface area (Å²) in [4.78, 5) is -1.65. The van der Waals surface area contributed by atoms with Crippen molar-refractivity contribution in [1.82, 2.24) is 0 Å². The third-order valence-corrected chi connectivity index (χ3v) is 2.71. The molecule has 0 saturated heterocycles. The molecule has 1 rings (SSSR count). The first-order chi connectivity index (χ1) is 5.91. The number of rotatable bonds is 1. The van der Waals surface area contributed by atoms with Crippen molar-refractivity contribution in [1.29, 1.82) is 0 Å². The average Bonchev–Trinajstić information content (AvgIpc) is 2.01. The van der Waals surface area contributed by atoms with Gasteiger partial charge in [-0.25, -0.2) is 0 Å². The highest BCUT2D eigenvalue weighted by Gasteiger charge is 2.38. The van der Waals surface area contributed by atoms with E-state index in [-0.39, 0.29) is 5.56 Å². The fraction of sp³-hybridized carbons (Fsp3) is 0.250. The van der Waals surface area contributed by atoms with Gasteiger partial charge in [0.1, 0.15) is 4.83 Å². The molecule has 0 aromatic heterocycles. The summed E-state index contributed by atoms with van der Waals surface area (Å²) < 4.78 is 36.5. The highest BCUT2D eigenvalue weighted by molar-refractivity contribution is 9.09. The Hall–Kier alpha value is -0.220. The minimum absolute atomic E-state index is 0.111. The molecule has 0 nitrogen and oxygen atoms in total. The maximum absolute atomic E-state index is 12.2. The summed E-state index contributed by atoms with van der Waals surface area (Å²) in [5.74, 6) is 0. The highest BCUT2D eigenvalue weighted by atomic mass is 79.9. The number of alkyl halides is 4. The van der Waals surface area contributed by atoms with Crippen LogP contribution in [0.4, 0.5) is 13.2 Å². The van der Waals surface area contributed by atoms with Gasteiger partial charge in [-0.15, -0.1) is 0 Å². The van der Waals surface area contributed by atoms with Crippen LogP contribution in [0.25, 0.3) is 0 Å². The average molecular weight is 273 g/mol. The van der Waals surface area contributed by atoms with Gasteiger partial charge in [0.2, 0.25) is 0 Å². The zero-order valence-corrected chi connectivity index (χ0v) is 8.62. The number of hydrogen-bond donors (Lipinski definition) is 0. The predicted octanol–water partition coefficient (Wildman–Crippen LogP) is 4.34. The lowest BCUT2D eigenvalue weighted by Gasteiger charge is -2.13. The SMILES string of the molecule is FC(F)(F)C(Br)c1cccc(Cl)c1. The summed E-state index contributed by atoms with van der Waals surface area (Å²) in [6.45, 7) is 0. The zero-order chi connectivity index (χ0) is 10.1. The van der Waals surface area contributed by atoms with Crippen molar-refractivity contribution in [3.63, 3.8) is 0 Å². The lowest BCUT2D eigenvalue weighted by molar-refractivity contribution is -0.128. The van der Waals surface area contributed by atoms with E-state index in [0.717, 1.165) is 0 Å². The molecule has 0 N–H and O–H groups in total. The molecule has 1 unspecified atom stereocenters. The van der Waals surface area contributed by atoms with E-state index in [4.69, 9.17) is 11.6 Å². The summed E-state index contributed by atoms with van der Waals surface area (Å²) in [5, 5.41) is 0.297. The van der Waals surface area contributed by atoms with Crippen molar-refractivity contribution in [3.05, 3.63) is 34.9 Å². The smallest absolute Gasteiger partial charge is 0.169 e. The van der Waals surface area contributed by atoms with Gasteiger partial charge >= 0.3 is 6.18 Å². The molecule has 5 heteroatoms. The number of benzene rings is 1. The van der Waals surface area contributed by atoms with E-state index in [2.05, 4.69) is 15.9 Å². The first kappa shape index (κ1) is 10.9. The van der Waals surface area contributed by atoms with Crippen LogP contribution in [0, 0.1) is 0 Å². The third-order valence-electron chi connectivity index (χ3n) is 1.43. The summed E-state index contributed by atoms with van der Waals surface area (Å²) in [6.07, 6.45) is -4.29. The molecule has 0 radical (unpaired) electrons. The molecule has 13 heavy (non-hydrogen) atoms. The normalized spacial score (nSPS) is 14.2. The first-order valence-corrected chi connectivity index (χ1v) is 4.67. The Kier molecular flexibility index (Phi) is 3.24. The van der Waals surface area contributed by atoms with E-state index in [9.17, 15) is 13.2 Å². The number of halogens is 5. The quantitative estimate of drug-likeness (QED) is 0.668. The third kappa shape index (κ3) is 2.88. The van der Waals surface area contributed by atoms with Crippen LogP contribution in [-0.4, -0.2) is 6.18 Å². The van der Waals surface area contributed by atoms with Crippen molar-refractivity contribution in [2.45, 2.75) is 11.0 Å². The minimum atomic E-state index is -4.29. The van der Waals surface area contributed by atoms with Crippen molar-refractivity contribution in [2.24, 2.45) is 0 Å². The molecule has 0 heterocycles. The van der Waals surface area contributed by atoms with E-state index in [1.807, 2.05) is 0 Å². The van der Waals surface area contributed by atoms with Gasteiger partial charge in [0.25, 0.3) is 0 Å². The van der Waals surface area contributed by atoms with Gasteiger partial charge in [-0.1, -0.05) is 39.7 Å². The molecule has 0 aliphatic carbocycles. The van der Waals surface area contributed by atoms with Crippen LogP contribution in [0.2, 0.25) is 5.02 Å². The monoisotopic (exact) mass is 272 g/mol. The van der Waals surface area contributed by atoms with Crippen molar-refractivity contribution < 1.29 is 13.2 Å². The van der Waals surface area contributed by atoms with Crippen molar-refractivity contribution in [2.75, 3.05) is 0 Å². The van der Waals surface area contributed by atoms with Gasteiger partial charge < -0.3 is 0 Å². The molecule has 1 atom stereocenters. The fourth-order valence-corrected chi connectivity index (χ4v) is 1.34. The summed E-state index contributed by atoms with van der Waals surface area (Å²) in [7, 11) is 0. The minimum Gasteiger partial charge on any atom is -0.169 e. The molecule has 0 bridgehead atoms. The van der Waals surface area contributed by atoms with Crippen molar-refractivity contribution in [3.8, 4) is 0 Å². The maximum Gasteiger partial charge on any atom is 0.405 e. The summed E-state index contributed by atoms with van der Waals surface area (Å²) in [6, 6.07) is 5.67. The van der Waals surface area contributed by atoms with Crippen LogP contribution in [-0.2, 0) is 0 Å². The Bertz CT molecular complexity index is 298. The Morgan fingerprint density at radius 1 is 1.31 bits per heavy atom. The maximum atomic E-state index is 12.2. The second kappa shape index (κ2) is 3.88. The summed E-state index contributed by atoms with van der Waals surface area (Å²) in [5.41, 5.74) is 0.111. The van der Waals surface area contributed by atoms with E-state index >= 15 is 0 Å². The molecule has 1 aromatic carbocycles. The molecule has 0 amide bonds. The summed E-state index contributed by atoms with van der Waals surface area (Å²) >= 11 is 8.11. The molecule has 72 valence electrons. The van der Waals surface area contributed by atoms with Crippen LogP contribution in [0.1, 0.15) is 10.4 Å². The van der Waals surface area contributed by atoms with Gasteiger partial charge in [-0.05, 0) is 17.7 Å². The molecule has 1 aromatic rings. The second-order valence-corrected chi connectivity index (χ2v) is 3.81. The van der Waals surface area contributed by atoms with Crippen LogP contribution in [0.5, 0.6) is 0 Å². The van der Waals surface area contributed by atoms with Gasteiger partial charge in [-0.3, -0.25) is 0 Å². The molecule has 0 aliphatic rings. The Balaban J connectivity index is 2.96. The van der Waals surface area contributed by atoms with Crippen LogP contribution in [0.3, 0.4) is 0 Å². The molecular weight excluding hydrogens is 268 g/mol. The second-order valence-electron chi connectivity index (χ2n) is 2.46. The van der Waals surface area contributed by atoms with E-state index in [0.29, 0.717) is 5.02 Å². The topological polar surface area (TPSA) is 0 Å². The lowest BCUT2D eigenvalue weighted by atomic mass is 10.1. The van der Waals surface area contributed by atoms with Crippen LogP contribution < -0.4 is 0 Å².